The summed E-state index contributed by atoms with van der Waals surface area (Å²) >= 11 is 3.30. The molecule has 4 heteroatoms. The fourth-order valence-electron chi connectivity index (χ4n) is 1.74. The first-order valence-electron chi connectivity index (χ1n) is 6.56. The Morgan fingerprint density at radius 1 is 1.26 bits per heavy atom. The van der Waals surface area contributed by atoms with E-state index in [1.54, 1.807) is 0 Å². The molecule has 106 valence electrons. The summed E-state index contributed by atoms with van der Waals surface area (Å²) in [5.41, 5.74) is 0.529. The molecule has 0 aliphatic heterocycles. The van der Waals surface area contributed by atoms with Crippen LogP contribution in [0, 0.1) is 0 Å². The summed E-state index contributed by atoms with van der Waals surface area (Å²) in [6.07, 6.45) is 0.837. The van der Waals surface area contributed by atoms with Crippen molar-refractivity contribution in [1.29, 1.82) is 0 Å². The highest BCUT2D eigenvalue weighted by molar-refractivity contribution is 9.09. The van der Waals surface area contributed by atoms with Gasteiger partial charge in [-0.2, -0.15) is 0 Å². The maximum Gasteiger partial charge on any atom is 0.230 e. The van der Waals surface area contributed by atoms with E-state index in [4.69, 9.17) is 4.74 Å². The van der Waals surface area contributed by atoms with Crippen molar-refractivity contribution in [3.63, 3.8) is 0 Å². The molecule has 0 aromatic heterocycles. The number of hydrogen-bond acceptors (Lipinski definition) is 2. The van der Waals surface area contributed by atoms with Gasteiger partial charge in [0.25, 0.3) is 0 Å². The molecule has 19 heavy (non-hydrogen) atoms. The fraction of sp³-hybridized carbons (Fsp3) is 0.533. The van der Waals surface area contributed by atoms with E-state index < -0.39 is 5.41 Å². The Hall–Kier alpha value is -0.870. The summed E-state index contributed by atoms with van der Waals surface area (Å²) in [5, 5.41) is 3.82. The third kappa shape index (κ3) is 5.33. The van der Waals surface area contributed by atoms with Crippen molar-refractivity contribution in [2.75, 3.05) is 25.1 Å². The Balaban J connectivity index is 2.36. The average molecular weight is 328 g/mol. The SMILES string of the molecule is CC(C)(C(=O)NCCCOCCBr)c1ccccc1. The molecule has 0 spiro atoms. The van der Waals surface area contributed by atoms with Gasteiger partial charge >= 0.3 is 0 Å². The molecule has 3 nitrogen and oxygen atoms in total. The van der Waals surface area contributed by atoms with Gasteiger partial charge in [-0.1, -0.05) is 46.3 Å². The first-order chi connectivity index (χ1) is 9.09. The lowest BCUT2D eigenvalue weighted by Gasteiger charge is -2.24. The minimum Gasteiger partial charge on any atom is -0.381 e. The van der Waals surface area contributed by atoms with E-state index in [2.05, 4.69) is 21.2 Å². The maximum absolute atomic E-state index is 12.2. The van der Waals surface area contributed by atoms with Crippen LogP contribution in [-0.2, 0) is 14.9 Å². The van der Waals surface area contributed by atoms with Gasteiger partial charge in [-0.3, -0.25) is 4.79 Å². The Kier molecular flexibility index (Phi) is 7.10. The summed E-state index contributed by atoms with van der Waals surface area (Å²) in [4.78, 5) is 12.2. The molecule has 0 saturated carbocycles. The maximum atomic E-state index is 12.2. The zero-order valence-corrected chi connectivity index (χ0v) is 13.2. The van der Waals surface area contributed by atoms with Gasteiger partial charge < -0.3 is 10.1 Å². The molecule has 0 aliphatic rings. The number of rotatable bonds is 8. The lowest BCUT2D eigenvalue weighted by atomic mass is 9.84. The van der Waals surface area contributed by atoms with Crippen LogP contribution in [0.15, 0.2) is 30.3 Å². The van der Waals surface area contributed by atoms with E-state index in [0.717, 1.165) is 17.3 Å². The second-order valence-electron chi connectivity index (χ2n) is 4.90. The van der Waals surface area contributed by atoms with Gasteiger partial charge in [0, 0.05) is 18.5 Å². The molecular weight excluding hydrogens is 306 g/mol. The number of benzene rings is 1. The van der Waals surface area contributed by atoms with E-state index in [-0.39, 0.29) is 5.91 Å². The summed E-state index contributed by atoms with van der Waals surface area (Å²) in [5.74, 6) is 0.0548. The number of hydrogen-bond donors (Lipinski definition) is 1. The van der Waals surface area contributed by atoms with Gasteiger partial charge in [0.05, 0.1) is 12.0 Å². The smallest absolute Gasteiger partial charge is 0.230 e. The molecule has 0 aliphatic carbocycles. The first kappa shape index (κ1) is 16.2. The molecule has 0 radical (unpaired) electrons. The topological polar surface area (TPSA) is 38.3 Å². The molecule has 0 atom stereocenters. The van der Waals surface area contributed by atoms with Crippen LogP contribution >= 0.6 is 15.9 Å². The van der Waals surface area contributed by atoms with Gasteiger partial charge in [-0.05, 0) is 25.8 Å². The number of amides is 1. The number of carbonyl (C=O) groups excluding carboxylic acids is 1. The molecule has 0 fully saturated rings. The van der Waals surface area contributed by atoms with Gasteiger partial charge in [0.15, 0.2) is 0 Å². The molecule has 1 rings (SSSR count). The largest absolute Gasteiger partial charge is 0.381 e. The van der Waals surface area contributed by atoms with Gasteiger partial charge in [-0.25, -0.2) is 0 Å². The van der Waals surface area contributed by atoms with Crippen LogP contribution in [0.4, 0.5) is 0 Å². The van der Waals surface area contributed by atoms with Crippen LogP contribution in [-0.4, -0.2) is 31.0 Å². The van der Waals surface area contributed by atoms with Crippen LogP contribution in [0.3, 0.4) is 0 Å². The minimum atomic E-state index is -0.502. The normalized spacial score (nSPS) is 11.3. The molecule has 1 amide bonds. The predicted molar refractivity (Wildman–Crippen MR) is 81.7 cm³/mol. The van der Waals surface area contributed by atoms with Crippen molar-refractivity contribution in [1.82, 2.24) is 5.32 Å². The Labute approximate surface area is 123 Å². The van der Waals surface area contributed by atoms with Gasteiger partial charge in [-0.15, -0.1) is 0 Å². The summed E-state index contributed by atoms with van der Waals surface area (Å²) in [6.45, 7) is 5.93. The van der Waals surface area contributed by atoms with Crippen LogP contribution in [0.25, 0.3) is 0 Å². The van der Waals surface area contributed by atoms with E-state index in [1.807, 2.05) is 44.2 Å². The number of halogens is 1. The average Bonchev–Trinajstić information content (AvgIpc) is 2.43. The zero-order chi connectivity index (χ0) is 14.1. The molecule has 0 unspecified atom stereocenters. The zero-order valence-electron chi connectivity index (χ0n) is 11.6. The molecule has 0 bridgehead atoms. The van der Waals surface area contributed by atoms with E-state index in [1.165, 1.54) is 0 Å². The highest BCUT2D eigenvalue weighted by Gasteiger charge is 2.28. The monoisotopic (exact) mass is 327 g/mol. The molecule has 0 heterocycles. The van der Waals surface area contributed by atoms with Crippen molar-refractivity contribution in [2.24, 2.45) is 0 Å². The highest BCUT2D eigenvalue weighted by atomic mass is 79.9. The van der Waals surface area contributed by atoms with Crippen LogP contribution in [0.1, 0.15) is 25.8 Å². The number of alkyl halides is 1. The molecular formula is C15H22BrNO2. The third-order valence-corrected chi connectivity index (χ3v) is 3.36. The second-order valence-corrected chi connectivity index (χ2v) is 5.69. The molecule has 0 saturated heterocycles. The quantitative estimate of drug-likeness (QED) is 0.589. The van der Waals surface area contributed by atoms with Crippen LogP contribution in [0.2, 0.25) is 0 Å². The van der Waals surface area contributed by atoms with Crippen LogP contribution in [0.5, 0.6) is 0 Å². The molecule has 1 aromatic carbocycles. The van der Waals surface area contributed by atoms with Crippen molar-refractivity contribution in [3.05, 3.63) is 35.9 Å². The number of ether oxygens (including phenoxy) is 1. The lowest BCUT2D eigenvalue weighted by Crippen LogP contribution is -2.40. The van der Waals surface area contributed by atoms with Crippen molar-refractivity contribution in [3.8, 4) is 0 Å². The summed E-state index contributed by atoms with van der Waals surface area (Å²) < 4.78 is 5.34. The second kappa shape index (κ2) is 8.33. The number of nitrogens with one attached hydrogen (secondary N) is 1. The fourth-order valence-corrected chi connectivity index (χ4v) is 1.97. The molecule has 1 N–H and O–H groups in total. The van der Waals surface area contributed by atoms with Crippen LogP contribution < -0.4 is 5.32 Å². The first-order valence-corrected chi connectivity index (χ1v) is 7.68. The Bertz CT molecular complexity index is 379. The van der Waals surface area contributed by atoms with Crippen molar-refractivity contribution in [2.45, 2.75) is 25.7 Å². The van der Waals surface area contributed by atoms with Gasteiger partial charge in [0.1, 0.15) is 0 Å². The summed E-state index contributed by atoms with van der Waals surface area (Å²) in [7, 11) is 0. The standard InChI is InChI=1S/C15H22BrNO2/c1-15(2,13-7-4-3-5-8-13)14(18)17-10-6-11-19-12-9-16/h3-5,7-8H,6,9-12H2,1-2H3,(H,17,18). The van der Waals surface area contributed by atoms with E-state index in [0.29, 0.717) is 19.8 Å². The van der Waals surface area contributed by atoms with E-state index >= 15 is 0 Å². The third-order valence-electron chi connectivity index (χ3n) is 3.04. The molecule has 1 aromatic rings. The Morgan fingerprint density at radius 2 is 1.95 bits per heavy atom. The van der Waals surface area contributed by atoms with Crippen molar-refractivity contribution < 1.29 is 9.53 Å². The highest BCUT2D eigenvalue weighted by Crippen LogP contribution is 2.22. The minimum absolute atomic E-state index is 0.0548. The van der Waals surface area contributed by atoms with E-state index in [9.17, 15) is 4.79 Å². The van der Waals surface area contributed by atoms with Gasteiger partial charge in [0.2, 0.25) is 5.91 Å². The Morgan fingerprint density at radius 3 is 2.58 bits per heavy atom. The number of carbonyl (C=O) groups is 1. The lowest BCUT2D eigenvalue weighted by molar-refractivity contribution is -0.125. The predicted octanol–water partition coefficient (Wildman–Crippen LogP) is 2.88. The van der Waals surface area contributed by atoms with Crippen molar-refractivity contribution >= 4 is 21.8 Å². The summed E-state index contributed by atoms with van der Waals surface area (Å²) in [6, 6.07) is 9.84.